The van der Waals surface area contributed by atoms with Crippen LogP contribution in [-0.2, 0) is 33.2 Å². The highest BCUT2D eigenvalue weighted by atomic mass is 127. The molecule has 2 fully saturated rings. The molecule has 0 spiro atoms. The van der Waals surface area contributed by atoms with Gasteiger partial charge in [0.2, 0.25) is 0 Å². The van der Waals surface area contributed by atoms with Gasteiger partial charge in [-0.3, -0.25) is 0 Å². The van der Waals surface area contributed by atoms with E-state index in [1.54, 1.807) is 0 Å². The fourth-order valence-corrected chi connectivity index (χ4v) is 2.94. The number of ether oxygens (including phenoxy) is 7. The number of hydrogen-bond acceptors (Lipinski definition) is 7. The molecule has 0 aromatic heterocycles. The zero-order valence-electron chi connectivity index (χ0n) is 16.2. The summed E-state index contributed by atoms with van der Waals surface area (Å²) in [7, 11) is 0. The summed E-state index contributed by atoms with van der Waals surface area (Å²) in [5.74, 6) is -1.27. The summed E-state index contributed by atoms with van der Waals surface area (Å²) in [4.78, 5) is 0. The molecule has 3 atom stereocenters. The van der Waals surface area contributed by atoms with Crippen molar-refractivity contribution < 1.29 is 41.9 Å². The molecule has 10 heteroatoms. The van der Waals surface area contributed by atoms with Crippen LogP contribution in [-0.4, -0.2) is 80.1 Å². The van der Waals surface area contributed by atoms with Crippen LogP contribution in [0.1, 0.15) is 27.7 Å². The summed E-state index contributed by atoms with van der Waals surface area (Å²) in [5.41, 5.74) is 0. The van der Waals surface area contributed by atoms with Crippen molar-refractivity contribution >= 4 is 22.6 Å². The topological polar surface area (TPSA) is 64.6 Å². The maximum atomic E-state index is 12.9. The maximum Gasteiger partial charge on any atom is 0.319 e. The smallest absolute Gasteiger partial charge is 0.319 e. The van der Waals surface area contributed by atoms with Gasteiger partial charge in [0, 0.05) is 22.6 Å². The van der Waals surface area contributed by atoms with Crippen LogP contribution in [0.15, 0.2) is 0 Å². The standard InChI is InChI=1S/C17H29F2IO7/c1-15(2)24-9-13(26-15)7-21-5-12(6-22-11-17(18,19)20)23-8-14-10-25-16(3,4)27-14/h12-14H,5-11H2,1-4H3. The molecule has 2 aliphatic heterocycles. The van der Waals surface area contributed by atoms with Crippen LogP contribution < -0.4 is 0 Å². The molecule has 0 bridgehead atoms. The van der Waals surface area contributed by atoms with Gasteiger partial charge >= 0.3 is 3.93 Å². The van der Waals surface area contributed by atoms with Crippen molar-refractivity contribution in [3.8, 4) is 0 Å². The van der Waals surface area contributed by atoms with E-state index >= 15 is 0 Å². The van der Waals surface area contributed by atoms with Crippen LogP contribution in [0.2, 0.25) is 0 Å². The first-order valence-corrected chi connectivity index (χ1v) is 9.99. The van der Waals surface area contributed by atoms with Gasteiger partial charge in [-0.1, -0.05) is 0 Å². The van der Waals surface area contributed by atoms with Crippen molar-refractivity contribution in [1.82, 2.24) is 0 Å². The van der Waals surface area contributed by atoms with Crippen LogP contribution >= 0.6 is 22.6 Å². The van der Waals surface area contributed by atoms with E-state index in [9.17, 15) is 8.78 Å². The Morgan fingerprint density at radius 3 is 1.96 bits per heavy atom. The Balaban J connectivity index is 1.73. The van der Waals surface area contributed by atoms with Crippen molar-refractivity contribution in [3.63, 3.8) is 0 Å². The molecule has 2 aliphatic rings. The summed E-state index contributed by atoms with van der Waals surface area (Å²) in [5, 5.41) is 0. The fourth-order valence-electron chi connectivity index (χ4n) is 2.72. The second-order valence-corrected chi connectivity index (χ2v) is 9.10. The van der Waals surface area contributed by atoms with Crippen molar-refractivity contribution in [1.29, 1.82) is 0 Å². The third-order valence-corrected chi connectivity index (χ3v) is 4.14. The molecule has 160 valence electrons. The van der Waals surface area contributed by atoms with E-state index in [1.165, 1.54) is 0 Å². The summed E-state index contributed by atoms with van der Waals surface area (Å²) in [6.07, 6.45) is -0.903. The summed E-state index contributed by atoms with van der Waals surface area (Å²) >= 11 is 1.04. The predicted molar refractivity (Wildman–Crippen MR) is 100 cm³/mol. The molecule has 0 amide bonds. The Kier molecular flexibility index (Phi) is 8.63. The zero-order valence-corrected chi connectivity index (χ0v) is 18.3. The minimum absolute atomic E-state index is 0.0108. The number of halogens is 3. The largest absolute Gasteiger partial charge is 0.376 e. The second kappa shape index (κ2) is 9.88. The lowest BCUT2D eigenvalue weighted by molar-refractivity contribution is -0.158. The van der Waals surface area contributed by atoms with Crippen LogP contribution in [0.5, 0.6) is 0 Å². The molecular weight excluding hydrogens is 481 g/mol. The highest BCUT2D eigenvalue weighted by Gasteiger charge is 2.34. The Morgan fingerprint density at radius 1 is 0.963 bits per heavy atom. The summed E-state index contributed by atoms with van der Waals surface area (Å²) in [6.45, 7) is 8.25. The lowest BCUT2D eigenvalue weighted by Gasteiger charge is -2.22. The first-order chi connectivity index (χ1) is 12.4. The maximum absolute atomic E-state index is 12.9. The lowest BCUT2D eigenvalue weighted by Crippen LogP contribution is -2.33. The first kappa shape index (κ1) is 23.6. The van der Waals surface area contributed by atoms with Crippen LogP contribution in [0.25, 0.3) is 0 Å². The van der Waals surface area contributed by atoms with Gasteiger partial charge in [0.15, 0.2) is 11.6 Å². The van der Waals surface area contributed by atoms with Crippen molar-refractivity contribution in [3.05, 3.63) is 0 Å². The third kappa shape index (κ3) is 9.57. The number of alkyl halides is 3. The third-order valence-electron chi connectivity index (χ3n) is 3.83. The van der Waals surface area contributed by atoms with Gasteiger partial charge in [-0.25, -0.2) is 0 Å². The minimum atomic E-state index is -2.92. The van der Waals surface area contributed by atoms with Gasteiger partial charge in [0.25, 0.3) is 0 Å². The van der Waals surface area contributed by atoms with Crippen molar-refractivity contribution in [2.24, 2.45) is 0 Å². The Morgan fingerprint density at radius 2 is 1.48 bits per heavy atom. The average molecular weight is 510 g/mol. The molecule has 3 unspecified atom stereocenters. The molecule has 0 aromatic carbocycles. The quantitative estimate of drug-likeness (QED) is 0.313. The van der Waals surface area contributed by atoms with Crippen LogP contribution in [0, 0.1) is 0 Å². The van der Waals surface area contributed by atoms with Gasteiger partial charge in [0.05, 0.1) is 39.6 Å². The van der Waals surface area contributed by atoms with E-state index in [0.717, 1.165) is 22.6 Å². The predicted octanol–water partition coefficient (Wildman–Crippen LogP) is 2.74. The average Bonchev–Trinajstić information content (AvgIpc) is 3.04. The zero-order chi connectivity index (χ0) is 20.1. The first-order valence-electron chi connectivity index (χ1n) is 8.91. The Labute approximate surface area is 172 Å². The van der Waals surface area contributed by atoms with E-state index in [1.807, 2.05) is 27.7 Å². The summed E-state index contributed by atoms with van der Waals surface area (Å²) < 4.78 is 61.8. The minimum Gasteiger partial charge on any atom is -0.376 e. The molecule has 2 saturated heterocycles. The van der Waals surface area contributed by atoms with E-state index < -0.39 is 28.2 Å². The number of hydrogen-bond donors (Lipinski definition) is 0. The molecule has 0 aliphatic carbocycles. The Hall–Kier alpha value is 0.310. The van der Waals surface area contributed by atoms with Crippen LogP contribution in [0.4, 0.5) is 8.78 Å². The van der Waals surface area contributed by atoms with Gasteiger partial charge in [-0.15, -0.1) is 0 Å². The normalized spacial score (nSPS) is 28.6. The monoisotopic (exact) mass is 510 g/mol. The van der Waals surface area contributed by atoms with Gasteiger partial charge in [0.1, 0.15) is 24.9 Å². The van der Waals surface area contributed by atoms with Crippen molar-refractivity contribution in [2.45, 2.75) is 61.5 Å². The summed E-state index contributed by atoms with van der Waals surface area (Å²) in [6, 6.07) is 0. The lowest BCUT2D eigenvalue weighted by atomic mass is 10.3. The Bertz CT molecular complexity index is 459. The molecule has 0 aromatic rings. The molecule has 0 radical (unpaired) electrons. The van der Waals surface area contributed by atoms with Crippen molar-refractivity contribution in [2.75, 3.05) is 46.2 Å². The van der Waals surface area contributed by atoms with E-state index in [-0.39, 0.29) is 32.0 Å². The van der Waals surface area contributed by atoms with E-state index in [0.29, 0.717) is 19.8 Å². The second-order valence-electron chi connectivity index (χ2n) is 7.52. The van der Waals surface area contributed by atoms with Gasteiger partial charge in [-0.05, 0) is 27.7 Å². The highest BCUT2D eigenvalue weighted by molar-refractivity contribution is 14.1. The SMILES string of the molecule is CC1(C)OCC(COCC(COCC(F)(F)I)OCC2COC(C)(C)O2)O1. The molecule has 2 rings (SSSR count). The molecule has 7 nitrogen and oxygen atoms in total. The van der Waals surface area contributed by atoms with Gasteiger partial charge in [-0.2, -0.15) is 8.78 Å². The molecular formula is C17H29F2IO7. The molecule has 0 saturated carbocycles. The highest BCUT2D eigenvalue weighted by Crippen LogP contribution is 2.24. The van der Waals surface area contributed by atoms with E-state index in [4.69, 9.17) is 33.2 Å². The molecule has 27 heavy (non-hydrogen) atoms. The van der Waals surface area contributed by atoms with Gasteiger partial charge < -0.3 is 33.2 Å². The fraction of sp³-hybridized carbons (Fsp3) is 1.00. The molecule has 2 heterocycles. The van der Waals surface area contributed by atoms with Crippen LogP contribution in [0.3, 0.4) is 0 Å². The molecule has 0 N–H and O–H groups in total. The number of rotatable bonds is 11. The van der Waals surface area contributed by atoms with E-state index in [2.05, 4.69) is 0 Å².